The van der Waals surface area contributed by atoms with E-state index >= 15 is 0 Å². The highest BCUT2D eigenvalue weighted by molar-refractivity contribution is 5.92. The number of amides is 1. The number of hydrogen-bond acceptors (Lipinski definition) is 4. The van der Waals surface area contributed by atoms with Crippen LogP contribution in [0.5, 0.6) is 17.2 Å². The second-order valence-corrected chi connectivity index (χ2v) is 6.40. The standard InChI is InChI=1S/C22H25NO4/c1-25-17-9-6-16(7-10-17)8-13-22(24)23-14-4-5-20(23)19-15-18(26-2)11-12-21(19)27-3/h6-13,15,20H,4-5,14H2,1-3H3/b13-8+. The lowest BCUT2D eigenvalue weighted by molar-refractivity contribution is -0.126. The first kappa shape index (κ1) is 18.8. The van der Waals surface area contributed by atoms with Crippen molar-refractivity contribution in [3.05, 3.63) is 59.7 Å². The minimum Gasteiger partial charge on any atom is -0.497 e. The normalized spacial score (nSPS) is 16.6. The molecule has 0 N–H and O–H groups in total. The lowest BCUT2D eigenvalue weighted by Gasteiger charge is -2.25. The van der Waals surface area contributed by atoms with Crippen molar-refractivity contribution in [3.8, 4) is 17.2 Å². The van der Waals surface area contributed by atoms with Gasteiger partial charge in [-0.15, -0.1) is 0 Å². The van der Waals surface area contributed by atoms with Crippen LogP contribution in [-0.2, 0) is 4.79 Å². The number of hydrogen-bond donors (Lipinski definition) is 0. The molecule has 5 nitrogen and oxygen atoms in total. The Morgan fingerprint density at radius 1 is 1.00 bits per heavy atom. The highest BCUT2D eigenvalue weighted by Crippen LogP contribution is 2.39. The minimum absolute atomic E-state index is 0.00167. The maximum Gasteiger partial charge on any atom is 0.247 e. The van der Waals surface area contributed by atoms with Gasteiger partial charge >= 0.3 is 0 Å². The summed E-state index contributed by atoms with van der Waals surface area (Å²) < 4.78 is 16.0. The molecule has 2 aromatic carbocycles. The van der Waals surface area contributed by atoms with Gasteiger partial charge in [0.25, 0.3) is 0 Å². The molecular formula is C22H25NO4. The lowest BCUT2D eigenvalue weighted by atomic mass is 10.0. The van der Waals surface area contributed by atoms with E-state index in [1.165, 1.54) is 0 Å². The number of likely N-dealkylation sites (tertiary alicyclic amines) is 1. The van der Waals surface area contributed by atoms with Gasteiger partial charge in [0.2, 0.25) is 5.91 Å². The van der Waals surface area contributed by atoms with Crippen LogP contribution in [0.15, 0.2) is 48.5 Å². The van der Waals surface area contributed by atoms with E-state index in [9.17, 15) is 4.79 Å². The summed E-state index contributed by atoms with van der Waals surface area (Å²) in [5.74, 6) is 2.33. The summed E-state index contributed by atoms with van der Waals surface area (Å²) in [7, 11) is 4.92. The zero-order chi connectivity index (χ0) is 19.2. The summed E-state index contributed by atoms with van der Waals surface area (Å²) in [5.41, 5.74) is 1.94. The van der Waals surface area contributed by atoms with E-state index in [1.807, 2.05) is 53.4 Å². The monoisotopic (exact) mass is 367 g/mol. The molecule has 0 saturated carbocycles. The molecule has 1 fully saturated rings. The van der Waals surface area contributed by atoms with Crippen LogP contribution in [-0.4, -0.2) is 38.7 Å². The Labute approximate surface area is 160 Å². The molecule has 1 aliphatic rings. The zero-order valence-corrected chi connectivity index (χ0v) is 16.0. The maximum absolute atomic E-state index is 12.8. The average Bonchev–Trinajstić information content (AvgIpc) is 3.21. The van der Waals surface area contributed by atoms with E-state index in [-0.39, 0.29) is 11.9 Å². The Bertz CT molecular complexity index is 814. The van der Waals surface area contributed by atoms with Crippen molar-refractivity contribution in [2.75, 3.05) is 27.9 Å². The predicted molar refractivity (Wildman–Crippen MR) is 105 cm³/mol. The molecule has 0 aromatic heterocycles. The van der Waals surface area contributed by atoms with Gasteiger partial charge in [0.1, 0.15) is 17.2 Å². The first-order chi connectivity index (χ1) is 13.2. The molecule has 3 rings (SSSR count). The second-order valence-electron chi connectivity index (χ2n) is 6.40. The third-order valence-corrected chi connectivity index (χ3v) is 4.87. The highest BCUT2D eigenvalue weighted by atomic mass is 16.5. The molecule has 1 unspecified atom stereocenters. The first-order valence-electron chi connectivity index (χ1n) is 9.01. The number of carbonyl (C=O) groups is 1. The fraction of sp³-hybridized carbons (Fsp3) is 0.318. The molecule has 1 saturated heterocycles. The second kappa shape index (κ2) is 8.62. The Morgan fingerprint density at radius 3 is 2.37 bits per heavy atom. The number of nitrogens with zero attached hydrogens (tertiary/aromatic N) is 1. The summed E-state index contributed by atoms with van der Waals surface area (Å²) in [6.45, 7) is 0.733. The number of rotatable bonds is 6. The molecule has 142 valence electrons. The van der Waals surface area contributed by atoms with Crippen LogP contribution >= 0.6 is 0 Å². The van der Waals surface area contributed by atoms with Crippen LogP contribution in [0.3, 0.4) is 0 Å². The van der Waals surface area contributed by atoms with Gasteiger partial charge < -0.3 is 19.1 Å². The molecular weight excluding hydrogens is 342 g/mol. The lowest BCUT2D eigenvalue weighted by Crippen LogP contribution is -2.29. The molecule has 0 spiro atoms. The molecule has 2 aromatic rings. The fourth-order valence-electron chi connectivity index (χ4n) is 3.43. The summed E-state index contributed by atoms with van der Waals surface area (Å²) >= 11 is 0. The Balaban J connectivity index is 1.79. The van der Waals surface area contributed by atoms with E-state index in [1.54, 1.807) is 27.4 Å². The third-order valence-electron chi connectivity index (χ3n) is 4.87. The first-order valence-corrected chi connectivity index (χ1v) is 9.01. The van der Waals surface area contributed by atoms with Crippen molar-refractivity contribution in [1.29, 1.82) is 0 Å². The van der Waals surface area contributed by atoms with Gasteiger partial charge in [-0.05, 0) is 54.8 Å². The summed E-state index contributed by atoms with van der Waals surface area (Å²) in [4.78, 5) is 14.7. The fourth-order valence-corrected chi connectivity index (χ4v) is 3.43. The van der Waals surface area contributed by atoms with E-state index in [2.05, 4.69) is 0 Å². The van der Waals surface area contributed by atoms with Gasteiger partial charge in [0, 0.05) is 18.2 Å². The summed E-state index contributed by atoms with van der Waals surface area (Å²) in [5, 5.41) is 0. The minimum atomic E-state index is -0.0110. The highest BCUT2D eigenvalue weighted by Gasteiger charge is 2.31. The largest absolute Gasteiger partial charge is 0.497 e. The summed E-state index contributed by atoms with van der Waals surface area (Å²) in [6, 6.07) is 13.3. The molecule has 1 aliphatic heterocycles. The maximum atomic E-state index is 12.8. The van der Waals surface area contributed by atoms with Crippen LogP contribution in [0.1, 0.15) is 30.0 Å². The van der Waals surface area contributed by atoms with E-state index in [4.69, 9.17) is 14.2 Å². The van der Waals surface area contributed by atoms with Crippen molar-refractivity contribution in [2.24, 2.45) is 0 Å². The van der Waals surface area contributed by atoms with Crippen LogP contribution in [0.4, 0.5) is 0 Å². The molecule has 5 heteroatoms. The number of carbonyl (C=O) groups excluding carboxylic acids is 1. The van der Waals surface area contributed by atoms with Gasteiger partial charge in [-0.25, -0.2) is 0 Å². The third kappa shape index (κ3) is 4.25. The Hall–Kier alpha value is -2.95. The summed E-state index contributed by atoms with van der Waals surface area (Å²) in [6.07, 6.45) is 5.34. The van der Waals surface area contributed by atoms with E-state index < -0.39 is 0 Å². The van der Waals surface area contributed by atoms with Gasteiger partial charge in [-0.1, -0.05) is 12.1 Å². The van der Waals surface area contributed by atoms with Crippen LogP contribution in [0, 0.1) is 0 Å². The molecule has 0 bridgehead atoms. The molecule has 1 amide bonds. The molecule has 1 heterocycles. The Morgan fingerprint density at radius 2 is 1.70 bits per heavy atom. The average molecular weight is 367 g/mol. The zero-order valence-electron chi connectivity index (χ0n) is 16.0. The van der Waals surface area contributed by atoms with Gasteiger partial charge in [-0.2, -0.15) is 0 Å². The molecule has 0 radical (unpaired) electrons. The van der Waals surface area contributed by atoms with Crippen LogP contribution in [0.2, 0.25) is 0 Å². The van der Waals surface area contributed by atoms with Crippen molar-refractivity contribution in [3.63, 3.8) is 0 Å². The van der Waals surface area contributed by atoms with Crippen molar-refractivity contribution < 1.29 is 19.0 Å². The SMILES string of the molecule is COc1ccc(/C=C/C(=O)N2CCCC2c2cc(OC)ccc2OC)cc1. The van der Waals surface area contributed by atoms with Crippen molar-refractivity contribution >= 4 is 12.0 Å². The Kier molecular flexibility index (Phi) is 6.01. The molecule has 1 atom stereocenters. The quantitative estimate of drug-likeness (QED) is 0.722. The number of benzene rings is 2. The number of ether oxygens (including phenoxy) is 3. The predicted octanol–water partition coefficient (Wildman–Crippen LogP) is 4.09. The van der Waals surface area contributed by atoms with E-state index in [0.29, 0.717) is 0 Å². The van der Waals surface area contributed by atoms with Crippen LogP contribution < -0.4 is 14.2 Å². The topological polar surface area (TPSA) is 48.0 Å². The van der Waals surface area contributed by atoms with Gasteiger partial charge in [0.05, 0.1) is 27.4 Å². The molecule has 27 heavy (non-hydrogen) atoms. The van der Waals surface area contributed by atoms with Crippen molar-refractivity contribution in [1.82, 2.24) is 4.90 Å². The van der Waals surface area contributed by atoms with Gasteiger partial charge in [0.15, 0.2) is 0 Å². The van der Waals surface area contributed by atoms with Gasteiger partial charge in [-0.3, -0.25) is 4.79 Å². The van der Waals surface area contributed by atoms with Crippen LogP contribution in [0.25, 0.3) is 6.08 Å². The smallest absolute Gasteiger partial charge is 0.247 e. The van der Waals surface area contributed by atoms with Crippen molar-refractivity contribution in [2.45, 2.75) is 18.9 Å². The number of methoxy groups -OCH3 is 3. The molecule has 0 aliphatic carbocycles. The van der Waals surface area contributed by atoms with E-state index in [0.717, 1.165) is 47.8 Å².